The van der Waals surface area contributed by atoms with Crippen LogP contribution in [0.2, 0.25) is 0 Å². The number of fused-ring (bicyclic) bond motifs is 3. The van der Waals surface area contributed by atoms with Crippen LogP contribution in [0, 0.1) is 6.92 Å². The maximum absolute atomic E-state index is 13.1. The Morgan fingerprint density at radius 3 is 2.69 bits per heavy atom. The maximum Gasteiger partial charge on any atom is 0.406 e. The summed E-state index contributed by atoms with van der Waals surface area (Å²) in [6.45, 7) is 0.472. The van der Waals surface area contributed by atoms with Gasteiger partial charge in [-0.05, 0) is 43.5 Å². The summed E-state index contributed by atoms with van der Waals surface area (Å²) in [4.78, 5) is 9.91. The number of thioether (sulfide) groups is 1. The highest BCUT2D eigenvalue weighted by molar-refractivity contribution is 7.98. The Morgan fingerprint density at radius 1 is 1.21 bits per heavy atom. The predicted molar refractivity (Wildman–Crippen MR) is 112 cm³/mol. The molecule has 10 heteroatoms. The molecule has 2 aromatic heterocycles. The Balaban J connectivity index is 1.82. The molecule has 0 saturated heterocycles. The zero-order valence-corrected chi connectivity index (χ0v) is 17.4. The summed E-state index contributed by atoms with van der Waals surface area (Å²) in [5.41, 5.74) is 2.14. The molecule has 0 aliphatic rings. The van der Waals surface area contributed by atoms with Crippen LogP contribution < -0.4 is 10.1 Å². The number of alkyl halides is 3. The van der Waals surface area contributed by atoms with Crippen LogP contribution >= 0.6 is 23.1 Å². The third-order valence-corrected chi connectivity index (χ3v) is 6.10. The highest BCUT2D eigenvalue weighted by atomic mass is 32.2. The lowest BCUT2D eigenvalue weighted by atomic mass is 10.3. The van der Waals surface area contributed by atoms with Crippen molar-refractivity contribution in [2.24, 2.45) is 0 Å². The summed E-state index contributed by atoms with van der Waals surface area (Å²) in [5, 5.41) is 3.81. The number of thiazole rings is 1. The lowest BCUT2D eigenvalue weighted by Gasteiger charge is -2.10. The van der Waals surface area contributed by atoms with Gasteiger partial charge in [0.2, 0.25) is 0 Å². The molecule has 0 bridgehead atoms. The molecule has 0 amide bonds. The molecule has 5 nitrogen and oxygen atoms in total. The van der Waals surface area contributed by atoms with E-state index < -0.39 is 12.7 Å². The molecule has 2 aromatic carbocycles. The Hall–Kier alpha value is -2.46. The van der Waals surface area contributed by atoms with Crippen molar-refractivity contribution in [1.82, 2.24) is 14.5 Å². The second-order valence-corrected chi connectivity index (χ2v) is 8.26. The van der Waals surface area contributed by atoms with E-state index in [4.69, 9.17) is 4.74 Å². The number of aryl methyl sites for hydroxylation is 1. The largest absolute Gasteiger partial charge is 0.495 e. The first kappa shape index (κ1) is 19.8. The summed E-state index contributed by atoms with van der Waals surface area (Å²) >= 11 is 2.97. The third-order valence-electron chi connectivity index (χ3n) is 4.44. The number of nitrogens with one attached hydrogen (secondary N) is 1. The second-order valence-electron chi connectivity index (χ2n) is 6.35. The molecule has 0 atom stereocenters. The molecular formula is C19H17F3N4OS2. The van der Waals surface area contributed by atoms with Gasteiger partial charge in [-0.15, -0.1) is 11.8 Å². The topological polar surface area (TPSA) is 52.0 Å². The number of hydrogen-bond acceptors (Lipinski definition) is 6. The molecule has 1 N–H and O–H groups in total. The van der Waals surface area contributed by atoms with Gasteiger partial charge in [0.1, 0.15) is 23.6 Å². The molecule has 2 heterocycles. The Labute approximate surface area is 172 Å². The van der Waals surface area contributed by atoms with Crippen LogP contribution in [0.4, 0.5) is 24.0 Å². The van der Waals surface area contributed by atoms with Gasteiger partial charge in [-0.2, -0.15) is 13.2 Å². The highest BCUT2D eigenvalue weighted by Crippen LogP contribution is 2.37. The number of nitrogens with zero attached hydrogens (tertiary/aromatic N) is 3. The molecule has 0 aliphatic carbocycles. The van der Waals surface area contributed by atoms with Crippen LogP contribution in [0.3, 0.4) is 0 Å². The van der Waals surface area contributed by atoms with Gasteiger partial charge >= 0.3 is 6.18 Å². The Kier molecular flexibility index (Phi) is 5.07. The standard InChI is InChI=1S/C19H17F3N4OS2/c1-10-23-12-5-7-15-16(17(12)26(10)9-19(20,21)22)25-18(29-15)24-13-8-11(28-3)4-6-14(13)27-2/h4-8H,9H2,1-3H3,(H,24,25). The third kappa shape index (κ3) is 3.86. The van der Waals surface area contributed by atoms with Crippen LogP contribution in [-0.4, -0.2) is 34.1 Å². The van der Waals surface area contributed by atoms with Crippen LogP contribution in [0.25, 0.3) is 21.3 Å². The van der Waals surface area contributed by atoms with Crippen LogP contribution in [0.1, 0.15) is 5.82 Å². The summed E-state index contributed by atoms with van der Waals surface area (Å²) in [6, 6.07) is 9.33. The number of ether oxygens (including phenoxy) is 1. The fraction of sp³-hybridized carbons (Fsp3) is 0.263. The van der Waals surface area contributed by atoms with Gasteiger partial charge in [-0.1, -0.05) is 11.3 Å². The van der Waals surface area contributed by atoms with E-state index in [0.29, 0.717) is 33.3 Å². The highest BCUT2D eigenvalue weighted by Gasteiger charge is 2.30. The first-order valence-electron chi connectivity index (χ1n) is 8.61. The summed E-state index contributed by atoms with van der Waals surface area (Å²) in [5.74, 6) is 0.965. The molecule has 0 saturated carbocycles. The first-order chi connectivity index (χ1) is 13.8. The van der Waals surface area contributed by atoms with Gasteiger partial charge < -0.3 is 14.6 Å². The number of anilines is 2. The molecular weight excluding hydrogens is 421 g/mol. The van der Waals surface area contributed by atoms with Crippen molar-refractivity contribution in [3.8, 4) is 5.75 Å². The minimum Gasteiger partial charge on any atom is -0.495 e. The molecule has 4 rings (SSSR count). The number of aromatic nitrogens is 3. The van der Waals surface area contributed by atoms with Gasteiger partial charge in [-0.25, -0.2) is 9.97 Å². The summed E-state index contributed by atoms with van der Waals surface area (Å²) in [7, 11) is 1.58. The number of benzene rings is 2. The second kappa shape index (κ2) is 7.42. The number of halogens is 3. The van der Waals surface area contributed by atoms with Gasteiger partial charge in [-0.3, -0.25) is 0 Å². The van der Waals surface area contributed by atoms with E-state index >= 15 is 0 Å². The molecule has 0 radical (unpaired) electrons. The van der Waals surface area contributed by atoms with Crippen molar-refractivity contribution in [3.63, 3.8) is 0 Å². The average molecular weight is 439 g/mol. The van der Waals surface area contributed by atoms with E-state index in [-0.39, 0.29) is 0 Å². The van der Waals surface area contributed by atoms with E-state index in [2.05, 4.69) is 15.3 Å². The summed E-state index contributed by atoms with van der Waals surface area (Å²) in [6.07, 6.45) is -2.37. The minimum absolute atomic E-state index is 0.307. The maximum atomic E-state index is 13.1. The Bertz CT molecular complexity index is 1200. The molecule has 0 fully saturated rings. The molecule has 0 spiro atoms. The average Bonchev–Trinajstić information content (AvgIpc) is 3.20. The van der Waals surface area contributed by atoms with Crippen molar-refractivity contribution >= 4 is 55.2 Å². The van der Waals surface area contributed by atoms with E-state index in [0.717, 1.165) is 15.3 Å². The number of imidazole rings is 1. The normalized spacial score (nSPS) is 12.1. The quantitative estimate of drug-likeness (QED) is 0.388. The fourth-order valence-corrected chi connectivity index (χ4v) is 4.50. The van der Waals surface area contributed by atoms with Crippen LogP contribution in [0.5, 0.6) is 5.75 Å². The lowest BCUT2D eigenvalue weighted by Crippen LogP contribution is -2.18. The zero-order chi connectivity index (χ0) is 20.8. The lowest BCUT2D eigenvalue weighted by molar-refractivity contribution is -0.140. The van der Waals surface area contributed by atoms with Crippen molar-refractivity contribution < 1.29 is 17.9 Å². The van der Waals surface area contributed by atoms with E-state index in [1.165, 1.54) is 15.9 Å². The minimum atomic E-state index is -4.34. The molecule has 0 unspecified atom stereocenters. The zero-order valence-electron chi connectivity index (χ0n) is 15.8. The van der Waals surface area contributed by atoms with Crippen molar-refractivity contribution in [3.05, 3.63) is 36.2 Å². The number of methoxy groups -OCH3 is 1. The van der Waals surface area contributed by atoms with Crippen LogP contribution in [-0.2, 0) is 6.54 Å². The Morgan fingerprint density at radius 2 is 2.00 bits per heavy atom. The fourth-order valence-electron chi connectivity index (χ4n) is 3.18. The number of hydrogen-bond donors (Lipinski definition) is 1. The van der Waals surface area contributed by atoms with Gasteiger partial charge in [0.05, 0.1) is 28.5 Å². The van der Waals surface area contributed by atoms with E-state index in [1.807, 2.05) is 30.5 Å². The molecule has 29 heavy (non-hydrogen) atoms. The van der Waals surface area contributed by atoms with Crippen molar-refractivity contribution in [2.45, 2.75) is 24.5 Å². The molecule has 0 aliphatic heterocycles. The molecule has 152 valence electrons. The number of rotatable bonds is 5. The van der Waals surface area contributed by atoms with E-state index in [1.54, 1.807) is 31.9 Å². The van der Waals surface area contributed by atoms with E-state index in [9.17, 15) is 13.2 Å². The molecule has 4 aromatic rings. The van der Waals surface area contributed by atoms with Gasteiger partial charge in [0.25, 0.3) is 0 Å². The predicted octanol–water partition coefficient (Wildman–Crippen LogP) is 5.99. The van der Waals surface area contributed by atoms with Crippen LogP contribution in [0.15, 0.2) is 35.2 Å². The van der Waals surface area contributed by atoms with Crippen molar-refractivity contribution in [1.29, 1.82) is 0 Å². The first-order valence-corrected chi connectivity index (χ1v) is 10.7. The van der Waals surface area contributed by atoms with Gasteiger partial charge in [0.15, 0.2) is 5.13 Å². The van der Waals surface area contributed by atoms with Crippen molar-refractivity contribution in [2.75, 3.05) is 18.7 Å². The monoisotopic (exact) mass is 438 g/mol. The smallest absolute Gasteiger partial charge is 0.406 e. The van der Waals surface area contributed by atoms with Gasteiger partial charge in [0, 0.05) is 4.90 Å². The summed E-state index contributed by atoms with van der Waals surface area (Å²) < 4.78 is 46.6. The SMILES string of the molecule is COc1ccc(SC)cc1Nc1nc2c(ccc3nc(C)n(CC(F)(F)F)c32)s1.